The first-order valence-electron chi connectivity index (χ1n) is 12.4. The number of aromatic nitrogens is 3. The maximum absolute atomic E-state index is 13.5. The van der Waals surface area contributed by atoms with E-state index in [1.165, 1.54) is 11.3 Å². The zero-order valence-electron chi connectivity index (χ0n) is 20.0. The number of nitrogens with one attached hydrogen (secondary N) is 2. The summed E-state index contributed by atoms with van der Waals surface area (Å²) in [6.07, 6.45) is 5.46. The summed E-state index contributed by atoms with van der Waals surface area (Å²) in [4.78, 5) is 16.9. The molecule has 0 radical (unpaired) electrons. The van der Waals surface area contributed by atoms with Crippen LogP contribution in [0.1, 0.15) is 49.5 Å². The molecule has 0 spiro atoms. The Morgan fingerprint density at radius 3 is 2.62 bits per heavy atom. The van der Waals surface area contributed by atoms with Crippen molar-refractivity contribution < 1.29 is 17.9 Å². The highest BCUT2D eigenvalue weighted by atomic mass is 32.2. The Morgan fingerprint density at radius 1 is 1.08 bits per heavy atom. The van der Waals surface area contributed by atoms with E-state index >= 15 is 0 Å². The van der Waals surface area contributed by atoms with Crippen molar-refractivity contribution in [3.05, 3.63) is 53.7 Å². The smallest absolute Gasteiger partial charge is 0.404 e. The Bertz CT molecular complexity index is 1570. The van der Waals surface area contributed by atoms with Gasteiger partial charge >= 0.3 is 6.09 Å². The Kier molecular flexibility index (Phi) is 6.12. The van der Waals surface area contributed by atoms with E-state index in [1.807, 2.05) is 36.4 Å². The fourth-order valence-corrected chi connectivity index (χ4v) is 8.07. The van der Waals surface area contributed by atoms with Crippen molar-refractivity contribution >= 4 is 49.7 Å². The van der Waals surface area contributed by atoms with Crippen molar-refractivity contribution in [3.8, 4) is 10.4 Å². The molecule has 0 unspecified atom stereocenters. The molecule has 0 bridgehead atoms. The van der Waals surface area contributed by atoms with Crippen molar-refractivity contribution in [2.75, 3.05) is 5.32 Å². The number of sulfone groups is 1. The number of primary amides is 1. The third kappa shape index (κ3) is 4.80. The lowest BCUT2D eigenvalue weighted by molar-refractivity contribution is 0.0787. The number of fused-ring (bicyclic) bond motifs is 1. The van der Waals surface area contributed by atoms with E-state index < -0.39 is 15.9 Å². The minimum Gasteiger partial charge on any atom is -0.446 e. The first-order valence-corrected chi connectivity index (χ1v) is 14.7. The molecule has 0 saturated heterocycles. The highest BCUT2D eigenvalue weighted by molar-refractivity contribution is 7.92. The number of thiazole rings is 1. The van der Waals surface area contributed by atoms with E-state index in [0.29, 0.717) is 34.8 Å². The lowest BCUT2D eigenvalue weighted by Crippen LogP contribution is -2.26. The number of rotatable bonds is 7. The summed E-state index contributed by atoms with van der Waals surface area (Å²) in [5.74, 6) is 0.901. The Balaban J connectivity index is 1.29. The molecule has 1 amide bonds. The Labute approximate surface area is 218 Å². The summed E-state index contributed by atoms with van der Waals surface area (Å²) in [7, 11) is -3.47. The van der Waals surface area contributed by atoms with Gasteiger partial charge in [-0.05, 0) is 62.8 Å². The summed E-state index contributed by atoms with van der Waals surface area (Å²) in [6.45, 7) is 0. The lowest BCUT2D eigenvalue weighted by atomic mass is 9.88. The van der Waals surface area contributed by atoms with Crippen LogP contribution in [0.25, 0.3) is 21.3 Å². The second-order valence-electron chi connectivity index (χ2n) is 9.67. The maximum atomic E-state index is 13.5. The third-order valence-corrected chi connectivity index (χ3v) is 10.6. The first kappa shape index (κ1) is 23.9. The zero-order valence-corrected chi connectivity index (χ0v) is 21.6. The molecule has 11 heteroatoms. The van der Waals surface area contributed by atoms with Crippen LogP contribution in [-0.2, 0) is 14.6 Å². The van der Waals surface area contributed by atoms with Crippen molar-refractivity contribution in [3.63, 3.8) is 0 Å². The van der Waals surface area contributed by atoms with Gasteiger partial charge in [0.05, 0.1) is 25.5 Å². The number of nitrogens with zero attached hydrogens (tertiary/aromatic N) is 2. The first-order chi connectivity index (χ1) is 17.9. The van der Waals surface area contributed by atoms with Crippen molar-refractivity contribution in [1.29, 1.82) is 0 Å². The standard InChI is InChI=1S/C26H27N5O4S2/c27-26(32)35-17-8-5-15(6-9-17)25-28-14-22(36-25)20-12-7-16(13-23(20)37(33,34)18-10-11-18)29-24-19-3-1-2-4-21(19)30-31-24/h1-4,7,12-15,17-18H,5-6,8-11H2,(H2,27,32)(H2,29,30,31). The topological polar surface area (TPSA) is 140 Å². The number of anilines is 2. The molecule has 9 nitrogen and oxygen atoms in total. The molecule has 4 aromatic rings. The van der Waals surface area contributed by atoms with Gasteiger partial charge < -0.3 is 15.8 Å². The molecule has 2 aromatic carbocycles. The van der Waals surface area contributed by atoms with E-state index in [4.69, 9.17) is 10.5 Å². The van der Waals surface area contributed by atoms with Gasteiger partial charge in [0.15, 0.2) is 15.7 Å². The fourth-order valence-electron chi connectivity index (χ4n) is 4.99. The van der Waals surface area contributed by atoms with Crippen LogP contribution in [0.2, 0.25) is 0 Å². The van der Waals surface area contributed by atoms with Gasteiger partial charge in [0.1, 0.15) is 6.10 Å². The molecule has 2 saturated carbocycles. The van der Waals surface area contributed by atoms with Gasteiger partial charge in [-0.15, -0.1) is 11.3 Å². The van der Waals surface area contributed by atoms with Crippen LogP contribution in [0.5, 0.6) is 0 Å². The van der Waals surface area contributed by atoms with Crippen LogP contribution < -0.4 is 11.1 Å². The normalized spacial score (nSPS) is 20.1. The fraction of sp³-hybridized carbons (Fsp3) is 0.346. The van der Waals surface area contributed by atoms with Gasteiger partial charge in [0.25, 0.3) is 0 Å². The molecule has 37 heavy (non-hydrogen) atoms. The number of carbonyl (C=O) groups excluding carboxylic acids is 1. The molecule has 2 aliphatic carbocycles. The average Bonchev–Trinajstić information content (AvgIpc) is 3.52. The van der Waals surface area contributed by atoms with E-state index in [9.17, 15) is 13.2 Å². The number of hydrogen-bond acceptors (Lipinski definition) is 8. The van der Waals surface area contributed by atoms with Gasteiger partial charge in [-0.2, -0.15) is 5.10 Å². The van der Waals surface area contributed by atoms with Crippen LogP contribution in [0.15, 0.2) is 53.6 Å². The van der Waals surface area contributed by atoms with Gasteiger partial charge in [0.2, 0.25) is 0 Å². The predicted molar refractivity (Wildman–Crippen MR) is 143 cm³/mol. The van der Waals surface area contributed by atoms with Gasteiger partial charge in [-0.3, -0.25) is 5.10 Å². The molecular weight excluding hydrogens is 510 g/mol. The number of H-pyrrole nitrogens is 1. The Hall–Kier alpha value is -3.44. The average molecular weight is 538 g/mol. The summed E-state index contributed by atoms with van der Waals surface area (Å²) in [5.41, 5.74) is 7.40. The quantitative estimate of drug-likeness (QED) is 0.283. The SMILES string of the molecule is NC(=O)OC1CCC(c2ncc(-c3ccc(Nc4n[nH]c5ccccc45)cc3S(=O)(=O)C3CC3)s2)CC1. The number of amides is 1. The number of benzene rings is 2. The van der Waals surface area contributed by atoms with E-state index in [0.717, 1.165) is 46.5 Å². The molecule has 2 aliphatic rings. The van der Waals surface area contributed by atoms with Crippen LogP contribution in [0.4, 0.5) is 16.3 Å². The summed E-state index contributed by atoms with van der Waals surface area (Å²) in [6, 6.07) is 13.2. The minimum atomic E-state index is -3.47. The van der Waals surface area contributed by atoms with E-state index in [-0.39, 0.29) is 17.3 Å². The summed E-state index contributed by atoms with van der Waals surface area (Å²) in [5, 5.41) is 12.2. The van der Waals surface area contributed by atoms with E-state index in [1.54, 1.807) is 12.3 Å². The van der Waals surface area contributed by atoms with Crippen LogP contribution in [-0.4, -0.2) is 41.0 Å². The number of para-hydroxylation sites is 1. The number of ether oxygens (including phenoxy) is 1. The molecule has 192 valence electrons. The molecule has 2 heterocycles. The monoisotopic (exact) mass is 537 g/mol. The maximum Gasteiger partial charge on any atom is 0.404 e. The second-order valence-corrected chi connectivity index (χ2v) is 12.9. The largest absolute Gasteiger partial charge is 0.446 e. The van der Waals surface area contributed by atoms with Gasteiger partial charge in [-0.1, -0.05) is 18.2 Å². The lowest BCUT2D eigenvalue weighted by Gasteiger charge is -2.26. The summed E-state index contributed by atoms with van der Waals surface area (Å²) < 4.78 is 32.1. The Morgan fingerprint density at radius 2 is 1.86 bits per heavy atom. The van der Waals surface area contributed by atoms with Crippen LogP contribution >= 0.6 is 11.3 Å². The van der Waals surface area contributed by atoms with E-state index in [2.05, 4.69) is 20.5 Å². The zero-order chi connectivity index (χ0) is 25.6. The molecule has 0 atom stereocenters. The summed E-state index contributed by atoms with van der Waals surface area (Å²) >= 11 is 1.54. The molecule has 4 N–H and O–H groups in total. The predicted octanol–water partition coefficient (Wildman–Crippen LogP) is 5.49. The minimum absolute atomic E-state index is 0.143. The van der Waals surface area contributed by atoms with Gasteiger partial charge in [0, 0.05) is 28.8 Å². The van der Waals surface area contributed by atoms with Gasteiger partial charge in [-0.25, -0.2) is 18.2 Å². The number of carbonyl (C=O) groups is 1. The number of nitrogens with two attached hydrogens (primary N) is 1. The highest BCUT2D eigenvalue weighted by Crippen LogP contribution is 2.43. The molecule has 0 aliphatic heterocycles. The number of aromatic amines is 1. The van der Waals surface area contributed by atoms with Crippen molar-refractivity contribution in [2.24, 2.45) is 5.73 Å². The van der Waals surface area contributed by atoms with Crippen molar-refractivity contribution in [1.82, 2.24) is 15.2 Å². The second kappa shape index (κ2) is 9.46. The van der Waals surface area contributed by atoms with Crippen LogP contribution in [0, 0.1) is 0 Å². The van der Waals surface area contributed by atoms with Crippen molar-refractivity contribution in [2.45, 2.75) is 60.7 Å². The number of hydrogen-bond donors (Lipinski definition) is 3. The highest BCUT2D eigenvalue weighted by Gasteiger charge is 2.39. The molecule has 2 fully saturated rings. The van der Waals surface area contributed by atoms with Crippen LogP contribution in [0.3, 0.4) is 0 Å². The molecule has 6 rings (SSSR count). The third-order valence-electron chi connectivity index (χ3n) is 7.08. The molecular formula is C26H27N5O4S2. The molecule has 2 aromatic heterocycles.